The fourth-order valence-electron chi connectivity index (χ4n) is 3.98. The second-order valence-electron chi connectivity index (χ2n) is 7.63. The van der Waals surface area contributed by atoms with E-state index in [1.165, 1.54) is 16.4 Å². The van der Waals surface area contributed by atoms with Gasteiger partial charge in [-0.05, 0) is 56.0 Å². The molecule has 30 heavy (non-hydrogen) atoms. The molecule has 160 valence electrons. The normalized spacial score (nSPS) is 17.8. The molecule has 1 aromatic heterocycles. The minimum absolute atomic E-state index is 0.0230. The van der Waals surface area contributed by atoms with Gasteiger partial charge < -0.3 is 10.2 Å². The Morgan fingerprint density at radius 3 is 2.43 bits per heavy atom. The molecule has 0 atom stereocenters. The van der Waals surface area contributed by atoms with Crippen molar-refractivity contribution in [2.75, 3.05) is 36.4 Å². The van der Waals surface area contributed by atoms with E-state index in [1.807, 2.05) is 0 Å². The summed E-state index contributed by atoms with van der Waals surface area (Å²) >= 11 is 6.23. The second-order valence-corrected chi connectivity index (χ2v) is 9.95. The third-order valence-electron chi connectivity index (χ3n) is 5.56. The Balaban J connectivity index is 1.59. The maximum Gasteiger partial charge on any atom is 0.259 e. The van der Waals surface area contributed by atoms with Crippen molar-refractivity contribution in [1.82, 2.24) is 9.29 Å². The molecule has 2 aromatic rings. The quantitative estimate of drug-likeness (QED) is 0.752. The smallest absolute Gasteiger partial charge is 0.259 e. The lowest BCUT2D eigenvalue weighted by Gasteiger charge is -2.26. The van der Waals surface area contributed by atoms with Crippen LogP contribution in [0.3, 0.4) is 0 Å². The van der Waals surface area contributed by atoms with E-state index in [0.29, 0.717) is 30.2 Å². The highest BCUT2D eigenvalue weighted by molar-refractivity contribution is 7.89. The van der Waals surface area contributed by atoms with Crippen molar-refractivity contribution < 1.29 is 13.2 Å². The zero-order valence-electron chi connectivity index (χ0n) is 16.7. The van der Waals surface area contributed by atoms with Crippen LogP contribution in [0.5, 0.6) is 0 Å². The molecule has 2 aliphatic rings. The van der Waals surface area contributed by atoms with Crippen LogP contribution in [0.25, 0.3) is 0 Å². The number of hydrogen-bond donors (Lipinski definition) is 1. The maximum atomic E-state index is 13.1. The maximum absolute atomic E-state index is 13.1. The summed E-state index contributed by atoms with van der Waals surface area (Å²) in [6, 6.07) is 8.02. The van der Waals surface area contributed by atoms with E-state index >= 15 is 0 Å². The molecule has 0 spiro atoms. The molecule has 0 saturated carbocycles. The number of sulfonamides is 1. The van der Waals surface area contributed by atoms with Crippen LogP contribution in [0.1, 0.15) is 42.5 Å². The van der Waals surface area contributed by atoms with Gasteiger partial charge in [0.1, 0.15) is 10.7 Å². The molecular formula is C21H25ClN4O3S. The van der Waals surface area contributed by atoms with Gasteiger partial charge >= 0.3 is 0 Å². The largest absolute Gasteiger partial charge is 0.356 e. The topological polar surface area (TPSA) is 82.6 Å². The number of nitrogens with zero attached hydrogens (tertiary/aromatic N) is 3. The molecule has 1 amide bonds. The molecule has 0 unspecified atom stereocenters. The predicted octanol–water partition coefficient (Wildman–Crippen LogP) is 3.76. The van der Waals surface area contributed by atoms with Gasteiger partial charge in [0.25, 0.3) is 5.91 Å². The van der Waals surface area contributed by atoms with Crippen molar-refractivity contribution in [2.24, 2.45) is 0 Å². The Bertz CT molecular complexity index is 1030. The van der Waals surface area contributed by atoms with Gasteiger partial charge in [0.15, 0.2) is 0 Å². The van der Waals surface area contributed by atoms with Gasteiger partial charge in [-0.25, -0.2) is 13.4 Å². The molecule has 2 aliphatic heterocycles. The lowest BCUT2D eigenvalue weighted by molar-refractivity contribution is 0.102. The van der Waals surface area contributed by atoms with Crippen molar-refractivity contribution in [1.29, 1.82) is 0 Å². The van der Waals surface area contributed by atoms with Gasteiger partial charge in [-0.3, -0.25) is 4.79 Å². The van der Waals surface area contributed by atoms with E-state index < -0.39 is 10.0 Å². The van der Waals surface area contributed by atoms with Gasteiger partial charge in [0, 0.05) is 38.1 Å². The second kappa shape index (κ2) is 8.91. The minimum Gasteiger partial charge on any atom is -0.356 e. The number of anilines is 2. The lowest BCUT2D eigenvalue weighted by Crippen LogP contribution is -2.35. The van der Waals surface area contributed by atoms with Crippen LogP contribution < -0.4 is 10.2 Å². The Hall–Kier alpha value is -2.16. The summed E-state index contributed by atoms with van der Waals surface area (Å²) in [4.78, 5) is 19.5. The number of halogens is 1. The van der Waals surface area contributed by atoms with Crippen molar-refractivity contribution in [2.45, 2.75) is 37.0 Å². The Kier molecular flexibility index (Phi) is 6.26. The van der Waals surface area contributed by atoms with E-state index in [0.717, 1.165) is 45.2 Å². The molecule has 2 fully saturated rings. The number of pyridine rings is 1. The molecule has 3 heterocycles. The fraction of sp³-hybridized carbons (Fsp3) is 0.429. The summed E-state index contributed by atoms with van der Waals surface area (Å²) in [7, 11) is -3.71. The molecule has 0 bridgehead atoms. The molecular weight excluding hydrogens is 424 g/mol. The van der Waals surface area contributed by atoms with Crippen molar-refractivity contribution >= 4 is 39.0 Å². The third-order valence-corrected chi connectivity index (χ3v) is 7.94. The summed E-state index contributed by atoms with van der Waals surface area (Å²) < 4.78 is 27.6. The molecule has 2 saturated heterocycles. The average molecular weight is 449 g/mol. The first-order chi connectivity index (χ1) is 14.5. The number of amides is 1. The summed E-state index contributed by atoms with van der Waals surface area (Å²) in [6.45, 7) is 2.72. The van der Waals surface area contributed by atoms with Crippen LogP contribution in [-0.2, 0) is 10.0 Å². The summed E-state index contributed by atoms with van der Waals surface area (Å²) in [6.07, 6.45) is 6.54. The van der Waals surface area contributed by atoms with Gasteiger partial charge in [-0.2, -0.15) is 4.31 Å². The van der Waals surface area contributed by atoms with E-state index in [-0.39, 0.29) is 15.8 Å². The van der Waals surface area contributed by atoms with Crippen LogP contribution in [0.15, 0.2) is 41.4 Å². The molecule has 9 heteroatoms. The van der Waals surface area contributed by atoms with Gasteiger partial charge in [0.2, 0.25) is 10.0 Å². The molecule has 1 aromatic carbocycles. The van der Waals surface area contributed by atoms with E-state index in [9.17, 15) is 13.2 Å². The van der Waals surface area contributed by atoms with Crippen molar-refractivity contribution in [3.63, 3.8) is 0 Å². The van der Waals surface area contributed by atoms with E-state index in [2.05, 4.69) is 15.2 Å². The Morgan fingerprint density at radius 2 is 1.70 bits per heavy atom. The number of piperidine rings is 1. The first kappa shape index (κ1) is 21.1. The van der Waals surface area contributed by atoms with E-state index in [4.69, 9.17) is 11.6 Å². The Labute approximate surface area is 182 Å². The molecule has 7 nitrogen and oxygen atoms in total. The number of benzene rings is 1. The van der Waals surface area contributed by atoms with Crippen LogP contribution in [-0.4, -0.2) is 49.8 Å². The third kappa shape index (κ3) is 4.31. The standard InChI is InChI=1S/C21H25ClN4O3S/c22-18-9-8-16(15-19(18)30(28,29)26-13-2-1-3-14-26)24-21(27)17-7-6-10-23-20(17)25-11-4-5-12-25/h6-10,15H,1-5,11-14H2,(H,24,27). The van der Waals surface area contributed by atoms with Crippen LogP contribution >= 0.6 is 11.6 Å². The van der Waals surface area contributed by atoms with E-state index in [1.54, 1.807) is 24.4 Å². The molecule has 0 aliphatic carbocycles. The highest BCUT2D eigenvalue weighted by atomic mass is 35.5. The minimum atomic E-state index is -3.71. The van der Waals surface area contributed by atoms with Gasteiger partial charge in [-0.15, -0.1) is 0 Å². The monoisotopic (exact) mass is 448 g/mol. The Morgan fingerprint density at radius 1 is 1.00 bits per heavy atom. The van der Waals surface area contributed by atoms with Gasteiger partial charge in [0.05, 0.1) is 10.6 Å². The summed E-state index contributed by atoms with van der Waals surface area (Å²) in [5.41, 5.74) is 0.853. The highest BCUT2D eigenvalue weighted by Crippen LogP contribution is 2.30. The van der Waals surface area contributed by atoms with Crippen LogP contribution in [0.4, 0.5) is 11.5 Å². The summed E-state index contributed by atoms with van der Waals surface area (Å²) in [5, 5.41) is 2.97. The molecule has 1 N–H and O–H groups in total. The van der Waals surface area contributed by atoms with Crippen molar-refractivity contribution in [3.05, 3.63) is 47.1 Å². The van der Waals surface area contributed by atoms with Crippen LogP contribution in [0.2, 0.25) is 5.02 Å². The zero-order valence-corrected chi connectivity index (χ0v) is 18.3. The van der Waals surface area contributed by atoms with Crippen LogP contribution in [0, 0.1) is 0 Å². The average Bonchev–Trinajstić information content (AvgIpc) is 3.30. The number of aromatic nitrogens is 1. The number of hydrogen-bond acceptors (Lipinski definition) is 5. The molecule has 4 rings (SSSR count). The highest BCUT2D eigenvalue weighted by Gasteiger charge is 2.28. The SMILES string of the molecule is O=C(Nc1ccc(Cl)c(S(=O)(=O)N2CCCCC2)c1)c1cccnc1N1CCCC1. The number of rotatable bonds is 5. The first-order valence-electron chi connectivity index (χ1n) is 10.3. The summed E-state index contributed by atoms with van der Waals surface area (Å²) in [5.74, 6) is 0.330. The number of nitrogens with one attached hydrogen (secondary N) is 1. The van der Waals surface area contributed by atoms with Gasteiger partial charge in [-0.1, -0.05) is 18.0 Å². The van der Waals surface area contributed by atoms with Crippen molar-refractivity contribution in [3.8, 4) is 0 Å². The number of carbonyl (C=O) groups excluding carboxylic acids is 1. The fourth-order valence-corrected chi connectivity index (χ4v) is 5.99. The molecule has 0 radical (unpaired) electrons. The number of carbonyl (C=O) groups is 1. The first-order valence-corrected chi connectivity index (χ1v) is 12.1. The zero-order chi connectivity index (χ0) is 21.1. The predicted molar refractivity (Wildman–Crippen MR) is 118 cm³/mol. The lowest BCUT2D eigenvalue weighted by atomic mass is 10.2.